The summed E-state index contributed by atoms with van der Waals surface area (Å²) in [6, 6.07) is 8.39. The highest BCUT2D eigenvalue weighted by Crippen LogP contribution is 2.09. The SMILES string of the molecule is CC(C)Cc1ccc(CON)cc1. The molecule has 1 aromatic rings. The van der Waals surface area contributed by atoms with Crippen LogP contribution < -0.4 is 5.90 Å². The van der Waals surface area contributed by atoms with Crippen LogP contribution in [-0.2, 0) is 17.9 Å². The lowest BCUT2D eigenvalue weighted by Gasteiger charge is -2.05. The lowest BCUT2D eigenvalue weighted by molar-refractivity contribution is 0.124. The van der Waals surface area contributed by atoms with Gasteiger partial charge >= 0.3 is 0 Å². The van der Waals surface area contributed by atoms with Crippen LogP contribution in [0.25, 0.3) is 0 Å². The van der Waals surface area contributed by atoms with Gasteiger partial charge in [0.05, 0.1) is 6.61 Å². The van der Waals surface area contributed by atoms with Crippen LogP contribution in [0.5, 0.6) is 0 Å². The Morgan fingerprint density at radius 2 is 1.69 bits per heavy atom. The van der Waals surface area contributed by atoms with Gasteiger partial charge in [-0.25, -0.2) is 5.90 Å². The van der Waals surface area contributed by atoms with E-state index in [1.165, 1.54) is 5.56 Å². The monoisotopic (exact) mass is 179 g/mol. The summed E-state index contributed by atoms with van der Waals surface area (Å²) < 4.78 is 0. The van der Waals surface area contributed by atoms with Gasteiger partial charge in [0.15, 0.2) is 0 Å². The van der Waals surface area contributed by atoms with E-state index in [1.54, 1.807) is 0 Å². The number of benzene rings is 1. The maximum atomic E-state index is 4.98. The largest absolute Gasteiger partial charge is 0.300 e. The van der Waals surface area contributed by atoms with Crippen molar-refractivity contribution in [1.29, 1.82) is 0 Å². The first-order chi connectivity index (χ1) is 6.22. The molecular formula is C11H17NO. The third-order valence-electron chi connectivity index (χ3n) is 1.92. The van der Waals surface area contributed by atoms with Gasteiger partial charge in [-0.15, -0.1) is 0 Å². The van der Waals surface area contributed by atoms with Crippen molar-refractivity contribution in [2.24, 2.45) is 11.8 Å². The van der Waals surface area contributed by atoms with Crippen molar-refractivity contribution in [3.63, 3.8) is 0 Å². The van der Waals surface area contributed by atoms with E-state index in [2.05, 4.69) is 43.0 Å². The summed E-state index contributed by atoms with van der Waals surface area (Å²) in [5.74, 6) is 5.68. The Morgan fingerprint density at radius 3 is 2.15 bits per heavy atom. The predicted molar refractivity (Wildman–Crippen MR) is 54.0 cm³/mol. The highest BCUT2D eigenvalue weighted by molar-refractivity contribution is 5.22. The van der Waals surface area contributed by atoms with E-state index in [0.717, 1.165) is 12.0 Å². The Balaban J connectivity index is 2.59. The Labute approximate surface area is 79.7 Å². The number of hydrogen-bond acceptors (Lipinski definition) is 2. The third-order valence-corrected chi connectivity index (χ3v) is 1.92. The Hall–Kier alpha value is -0.860. The Morgan fingerprint density at radius 1 is 1.15 bits per heavy atom. The maximum absolute atomic E-state index is 4.98. The van der Waals surface area contributed by atoms with Crippen LogP contribution >= 0.6 is 0 Å². The van der Waals surface area contributed by atoms with E-state index in [0.29, 0.717) is 12.5 Å². The molecule has 0 aromatic heterocycles. The van der Waals surface area contributed by atoms with Gasteiger partial charge in [0.25, 0.3) is 0 Å². The first-order valence-electron chi connectivity index (χ1n) is 4.62. The van der Waals surface area contributed by atoms with E-state index in [4.69, 9.17) is 5.90 Å². The van der Waals surface area contributed by atoms with E-state index < -0.39 is 0 Å². The van der Waals surface area contributed by atoms with E-state index in [9.17, 15) is 0 Å². The summed E-state index contributed by atoms with van der Waals surface area (Å²) in [6.45, 7) is 4.93. The molecule has 2 nitrogen and oxygen atoms in total. The summed E-state index contributed by atoms with van der Waals surface area (Å²) in [6.07, 6.45) is 1.13. The van der Waals surface area contributed by atoms with Crippen LogP contribution in [0.15, 0.2) is 24.3 Å². The van der Waals surface area contributed by atoms with Gasteiger partial charge in [0, 0.05) is 0 Å². The summed E-state index contributed by atoms with van der Waals surface area (Å²) in [4.78, 5) is 4.55. The molecule has 0 bridgehead atoms. The third kappa shape index (κ3) is 3.57. The minimum absolute atomic E-state index is 0.488. The van der Waals surface area contributed by atoms with Gasteiger partial charge in [0.2, 0.25) is 0 Å². The van der Waals surface area contributed by atoms with Gasteiger partial charge in [0.1, 0.15) is 0 Å². The molecule has 2 N–H and O–H groups in total. The van der Waals surface area contributed by atoms with Crippen LogP contribution in [0.4, 0.5) is 0 Å². The first-order valence-corrected chi connectivity index (χ1v) is 4.62. The molecule has 0 amide bonds. The summed E-state index contributed by atoms with van der Waals surface area (Å²) in [7, 11) is 0. The number of rotatable bonds is 4. The van der Waals surface area contributed by atoms with Gasteiger partial charge < -0.3 is 0 Å². The summed E-state index contributed by atoms with van der Waals surface area (Å²) >= 11 is 0. The van der Waals surface area contributed by atoms with E-state index >= 15 is 0 Å². The standard InChI is InChI=1S/C11H17NO/c1-9(2)7-10-3-5-11(6-4-10)8-13-12/h3-6,9H,7-8,12H2,1-2H3. The second kappa shape index (κ2) is 5.00. The lowest BCUT2D eigenvalue weighted by Crippen LogP contribution is -1.99. The average Bonchev–Trinajstić information content (AvgIpc) is 2.08. The summed E-state index contributed by atoms with van der Waals surface area (Å²) in [5.41, 5.74) is 2.49. The van der Waals surface area contributed by atoms with Crippen LogP contribution in [0.2, 0.25) is 0 Å². The second-order valence-electron chi connectivity index (χ2n) is 3.73. The zero-order valence-corrected chi connectivity index (χ0v) is 8.29. The molecule has 0 radical (unpaired) electrons. The fourth-order valence-electron chi connectivity index (χ4n) is 1.34. The molecule has 1 aromatic carbocycles. The summed E-state index contributed by atoms with van der Waals surface area (Å²) in [5, 5.41) is 0. The maximum Gasteiger partial charge on any atom is 0.0930 e. The van der Waals surface area contributed by atoms with Gasteiger partial charge in [-0.05, 0) is 23.5 Å². The predicted octanol–water partition coefficient (Wildman–Crippen LogP) is 2.28. The van der Waals surface area contributed by atoms with Gasteiger partial charge in [-0.2, -0.15) is 0 Å². The molecule has 0 saturated carbocycles. The highest BCUT2D eigenvalue weighted by Gasteiger charge is 1.97. The first kappa shape index (κ1) is 10.2. The Kier molecular flexibility index (Phi) is 3.93. The number of hydrogen-bond donors (Lipinski definition) is 1. The highest BCUT2D eigenvalue weighted by atomic mass is 16.6. The smallest absolute Gasteiger partial charge is 0.0930 e. The molecule has 1 rings (SSSR count). The molecule has 0 atom stereocenters. The molecule has 0 heterocycles. The number of nitrogens with two attached hydrogens (primary N) is 1. The Bertz CT molecular complexity index is 241. The molecule has 13 heavy (non-hydrogen) atoms. The van der Waals surface area contributed by atoms with Crippen molar-refractivity contribution in [2.45, 2.75) is 26.9 Å². The normalized spacial score (nSPS) is 10.8. The molecule has 0 aliphatic rings. The molecule has 0 aliphatic carbocycles. The minimum atomic E-state index is 0.488. The van der Waals surface area contributed by atoms with Crippen molar-refractivity contribution >= 4 is 0 Å². The van der Waals surface area contributed by atoms with Gasteiger partial charge in [-0.3, -0.25) is 4.84 Å². The van der Waals surface area contributed by atoms with E-state index in [-0.39, 0.29) is 0 Å². The van der Waals surface area contributed by atoms with Crippen molar-refractivity contribution in [1.82, 2.24) is 0 Å². The minimum Gasteiger partial charge on any atom is -0.300 e. The fourth-order valence-corrected chi connectivity index (χ4v) is 1.34. The van der Waals surface area contributed by atoms with Crippen LogP contribution in [0.3, 0.4) is 0 Å². The quantitative estimate of drug-likeness (QED) is 0.720. The molecule has 0 saturated heterocycles. The zero-order chi connectivity index (χ0) is 9.68. The molecular weight excluding hydrogens is 162 g/mol. The lowest BCUT2D eigenvalue weighted by atomic mass is 10.0. The van der Waals surface area contributed by atoms with Crippen LogP contribution in [-0.4, -0.2) is 0 Å². The van der Waals surface area contributed by atoms with Crippen molar-refractivity contribution < 1.29 is 4.84 Å². The second-order valence-corrected chi connectivity index (χ2v) is 3.73. The zero-order valence-electron chi connectivity index (χ0n) is 8.29. The average molecular weight is 179 g/mol. The molecule has 0 aliphatic heterocycles. The molecule has 0 unspecified atom stereocenters. The van der Waals surface area contributed by atoms with Crippen molar-refractivity contribution in [3.8, 4) is 0 Å². The molecule has 0 spiro atoms. The van der Waals surface area contributed by atoms with Gasteiger partial charge in [-0.1, -0.05) is 38.1 Å². The topological polar surface area (TPSA) is 35.2 Å². The fraction of sp³-hybridized carbons (Fsp3) is 0.455. The molecule has 0 fully saturated rings. The van der Waals surface area contributed by atoms with Crippen molar-refractivity contribution in [3.05, 3.63) is 35.4 Å². The van der Waals surface area contributed by atoms with Crippen LogP contribution in [0, 0.1) is 5.92 Å². The van der Waals surface area contributed by atoms with E-state index in [1.807, 2.05) is 0 Å². The van der Waals surface area contributed by atoms with Crippen LogP contribution in [0.1, 0.15) is 25.0 Å². The van der Waals surface area contributed by atoms with Crippen molar-refractivity contribution in [2.75, 3.05) is 0 Å². The molecule has 72 valence electrons. The molecule has 2 heteroatoms.